The molecule has 0 spiro atoms. The van der Waals surface area contributed by atoms with Gasteiger partial charge in [-0.1, -0.05) is 35.4 Å². The summed E-state index contributed by atoms with van der Waals surface area (Å²) in [6.45, 7) is 0. The van der Waals surface area contributed by atoms with Gasteiger partial charge in [0, 0.05) is 17.0 Å². The predicted octanol–water partition coefficient (Wildman–Crippen LogP) is 3.02. The van der Waals surface area contributed by atoms with E-state index in [1.165, 1.54) is 7.11 Å². The number of amides is 1. The fourth-order valence-corrected chi connectivity index (χ4v) is 2.70. The minimum atomic E-state index is -0.704. The van der Waals surface area contributed by atoms with Crippen LogP contribution in [0.3, 0.4) is 0 Å². The van der Waals surface area contributed by atoms with Gasteiger partial charge >= 0.3 is 5.97 Å². The van der Waals surface area contributed by atoms with Gasteiger partial charge in [-0.05, 0) is 31.4 Å². The van der Waals surface area contributed by atoms with Crippen molar-refractivity contribution < 1.29 is 14.3 Å². The molecular formula is C16H18ClNO3. The van der Waals surface area contributed by atoms with Crippen LogP contribution in [0.4, 0.5) is 0 Å². The lowest BCUT2D eigenvalue weighted by atomic mass is 10.0. The largest absolute Gasteiger partial charge is 0.467 e. The van der Waals surface area contributed by atoms with E-state index in [0.29, 0.717) is 12.0 Å². The first-order valence-corrected chi connectivity index (χ1v) is 7.29. The van der Waals surface area contributed by atoms with Crippen molar-refractivity contribution in [3.05, 3.63) is 46.5 Å². The summed E-state index contributed by atoms with van der Waals surface area (Å²) in [6, 6.07) is 8.08. The number of rotatable bonds is 5. The Labute approximate surface area is 129 Å². The first kappa shape index (κ1) is 15.6. The molecule has 0 bridgehead atoms. The average Bonchev–Trinajstić information content (AvgIpc) is 2.91. The molecule has 21 heavy (non-hydrogen) atoms. The van der Waals surface area contributed by atoms with E-state index < -0.39 is 12.0 Å². The third-order valence-corrected chi connectivity index (χ3v) is 3.99. The third-order valence-electron chi connectivity index (χ3n) is 3.54. The number of methoxy groups -OCH3 is 1. The van der Waals surface area contributed by atoms with Crippen molar-refractivity contribution in [3.63, 3.8) is 0 Å². The van der Waals surface area contributed by atoms with E-state index in [1.54, 1.807) is 24.3 Å². The molecule has 0 aromatic heterocycles. The van der Waals surface area contributed by atoms with Crippen LogP contribution in [-0.4, -0.2) is 25.0 Å². The molecule has 0 fully saturated rings. The molecule has 1 atom stereocenters. The molecule has 0 heterocycles. The first-order chi connectivity index (χ1) is 10.1. The number of carbonyl (C=O) groups is 2. The van der Waals surface area contributed by atoms with Crippen LogP contribution in [0.15, 0.2) is 40.9 Å². The van der Waals surface area contributed by atoms with Gasteiger partial charge in [0.05, 0.1) is 7.11 Å². The van der Waals surface area contributed by atoms with E-state index >= 15 is 0 Å². The molecule has 2 rings (SSSR count). The zero-order valence-corrected chi connectivity index (χ0v) is 12.7. The van der Waals surface area contributed by atoms with Crippen LogP contribution in [0.25, 0.3) is 0 Å². The molecule has 0 saturated heterocycles. The van der Waals surface area contributed by atoms with Crippen molar-refractivity contribution >= 4 is 23.5 Å². The smallest absolute Gasteiger partial charge is 0.328 e. The van der Waals surface area contributed by atoms with Gasteiger partial charge in [-0.3, -0.25) is 4.79 Å². The van der Waals surface area contributed by atoms with Crippen LogP contribution in [0.2, 0.25) is 0 Å². The minimum absolute atomic E-state index is 0.291. The lowest BCUT2D eigenvalue weighted by Gasteiger charge is -2.17. The highest BCUT2D eigenvalue weighted by Crippen LogP contribution is 2.31. The van der Waals surface area contributed by atoms with Gasteiger partial charge in [0.25, 0.3) is 5.91 Å². The second-order valence-corrected chi connectivity index (χ2v) is 5.44. The Balaban J connectivity index is 2.08. The standard InChI is InChI=1S/C16H18ClNO3/c1-21-16(20)14(10-12-8-5-9-13(12)17)18-15(19)11-6-3-2-4-7-11/h2-4,6-7,14H,5,8-10H2,1H3,(H,18,19). The predicted molar refractivity (Wildman–Crippen MR) is 81.1 cm³/mol. The quantitative estimate of drug-likeness (QED) is 0.851. The van der Waals surface area contributed by atoms with E-state index in [1.807, 2.05) is 6.07 Å². The van der Waals surface area contributed by atoms with Gasteiger partial charge in [0.2, 0.25) is 0 Å². The Morgan fingerprint density at radius 1 is 1.29 bits per heavy atom. The maximum atomic E-state index is 12.2. The fourth-order valence-electron chi connectivity index (χ4n) is 2.40. The molecule has 0 aliphatic heterocycles. The Morgan fingerprint density at radius 3 is 2.57 bits per heavy atom. The highest BCUT2D eigenvalue weighted by Gasteiger charge is 2.25. The zero-order chi connectivity index (χ0) is 15.2. The summed E-state index contributed by atoms with van der Waals surface area (Å²) < 4.78 is 4.78. The molecule has 1 amide bonds. The zero-order valence-electron chi connectivity index (χ0n) is 11.9. The Bertz CT molecular complexity index is 554. The third kappa shape index (κ3) is 4.08. The molecule has 1 unspecified atom stereocenters. The Kier molecular flexibility index (Phi) is 5.39. The van der Waals surface area contributed by atoms with Crippen molar-refractivity contribution in [2.75, 3.05) is 7.11 Å². The van der Waals surface area contributed by atoms with Crippen molar-refractivity contribution in [1.29, 1.82) is 0 Å². The number of ether oxygens (including phenoxy) is 1. The summed E-state index contributed by atoms with van der Waals surface area (Å²) in [5.74, 6) is -0.746. The Morgan fingerprint density at radius 2 is 2.00 bits per heavy atom. The number of nitrogens with one attached hydrogen (secondary N) is 1. The van der Waals surface area contributed by atoms with Crippen molar-refractivity contribution in [2.45, 2.75) is 31.7 Å². The SMILES string of the molecule is COC(=O)C(CC1=C(Cl)CCC1)NC(=O)c1ccccc1. The molecule has 112 valence electrons. The summed E-state index contributed by atoms with van der Waals surface area (Å²) in [5, 5.41) is 3.53. The van der Waals surface area contributed by atoms with Crippen molar-refractivity contribution in [2.24, 2.45) is 0 Å². The molecule has 1 aliphatic carbocycles. The highest BCUT2D eigenvalue weighted by molar-refractivity contribution is 6.30. The lowest BCUT2D eigenvalue weighted by molar-refractivity contribution is -0.142. The Hall–Kier alpha value is -1.81. The maximum Gasteiger partial charge on any atom is 0.328 e. The number of halogens is 1. The average molecular weight is 308 g/mol. The molecular weight excluding hydrogens is 290 g/mol. The molecule has 1 aromatic rings. The van der Waals surface area contributed by atoms with Crippen molar-refractivity contribution in [3.8, 4) is 0 Å². The number of benzene rings is 1. The summed E-state index contributed by atoms with van der Waals surface area (Å²) >= 11 is 6.14. The van der Waals surface area contributed by atoms with Crippen LogP contribution >= 0.6 is 11.6 Å². The van der Waals surface area contributed by atoms with Crippen LogP contribution in [0, 0.1) is 0 Å². The number of hydrogen-bond acceptors (Lipinski definition) is 3. The number of esters is 1. The van der Waals surface area contributed by atoms with E-state index in [4.69, 9.17) is 16.3 Å². The molecule has 1 aromatic carbocycles. The monoisotopic (exact) mass is 307 g/mol. The molecule has 0 radical (unpaired) electrons. The molecule has 4 nitrogen and oxygen atoms in total. The summed E-state index contributed by atoms with van der Waals surface area (Å²) in [6.07, 6.45) is 3.11. The molecule has 1 N–H and O–H groups in total. The van der Waals surface area contributed by atoms with E-state index in [0.717, 1.165) is 29.9 Å². The van der Waals surface area contributed by atoms with Crippen molar-refractivity contribution in [1.82, 2.24) is 5.32 Å². The lowest BCUT2D eigenvalue weighted by Crippen LogP contribution is -2.41. The van der Waals surface area contributed by atoms with Gasteiger partial charge in [0.1, 0.15) is 6.04 Å². The van der Waals surface area contributed by atoms with Gasteiger partial charge in [-0.2, -0.15) is 0 Å². The van der Waals surface area contributed by atoms with Gasteiger partial charge < -0.3 is 10.1 Å². The number of carbonyl (C=O) groups excluding carboxylic acids is 2. The fraction of sp³-hybridized carbons (Fsp3) is 0.375. The van der Waals surface area contributed by atoms with E-state index in [2.05, 4.69) is 5.32 Å². The molecule has 5 heteroatoms. The van der Waals surface area contributed by atoms with Gasteiger partial charge in [0.15, 0.2) is 0 Å². The second-order valence-electron chi connectivity index (χ2n) is 4.98. The van der Waals surface area contributed by atoms with E-state index in [9.17, 15) is 9.59 Å². The van der Waals surface area contributed by atoms with Gasteiger partial charge in [-0.25, -0.2) is 4.79 Å². The summed E-state index contributed by atoms with van der Waals surface area (Å²) in [4.78, 5) is 24.0. The topological polar surface area (TPSA) is 55.4 Å². The first-order valence-electron chi connectivity index (χ1n) is 6.92. The summed E-state index contributed by atoms with van der Waals surface area (Å²) in [5.41, 5.74) is 1.54. The maximum absolute atomic E-state index is 12.2. The normalized spacial score (nSPS) is 15.7. The van der Waals surface area contributed by atoms with Crippen LogP contribution in [0.5, 0.6) is 0 Å². The number of allylic oxidation sites excluding steroid dienone is 1. The van der Waals surface area contributed by atoms with E-state index in [-0.39, 0.29) is 5.91 Å². The highest BCUT2D eigenvalue weighted by atomic mass is 35.5. The van der Waals surface area contributed by atoms with Crippen LogP contribution < -0.4 is 5.32 Å². The molecule has 1 aliphatic rings. The minimum Gasteiger partial charge on any atom is -0.467 e. The molecule has 0 saturated carbocycles. The van der Waals surface area contributed by atoms with Crippen LogP contribution in [-0.2, 0) is 9.53 Å². The number of hydrogen-bond donors (Lipinski definition) is 1. The van der Waals surface area contributed by atoms with Crippen LogP contribution in [0.1, 0.15) is 36.0 Å². The second kappa shape index (κ2) is 7.27. The van der Waals surface area contributed by atoms with Gasteiger partial charge in [-0.15, -0.1) is 0 Å². The summed E-state index contributed by atoms with van der Waals surface area (Å²) in [7, 11) is 1.31.